The lowest BCUT2D eigenvalue weighted by molar-refractivity contribution is 0.0697. The van der Waals surface area contributed by atoms with Gasteiger partial charge >= 0.3 is 11.7 Å². The van der Waals surface area contributed by atoms with E-state index < -0.39 is 5.97 Å². The quantitative estimate of drug-likeness (QED) is 0.560. The zero-order chi connectivity index (χ0) is 20.8. The van der Waals surface area contributed by atoms with Crippen LogP contribution >= 0.6 is 0 Å². The number of rotatable bonds is 9. The van der Waals surface area contributed by atoms with Crippen molar-refractivity contribution in [3.63, 3.8) is 0 Å². The van der Waals surface area contributed by atoms with E-state index in [0.29, 0.717) is 25.1 Å². The number of aromatic nitrogens is 3. The highest BCUT2D eigenvalue weighted by molar-refractivity contribution is 5.95. The molecule has 1 heterocycles. The molecule has 1 N–H and O–H groups in total. The molecule has 0 aliphatic rings. The Balaban J connectivity index is 1.89. The molecule has 0 atom stereocenters. The van der Waals surface area contributed by atoms with E-state index in [9.17, 15) is 14.7 Å². The number of hydrogen-bond donors (Lipinski definition) is 1. The summed E-state index contributed by atoms with van der Waals surface area (Å²) in [6.45, 7) is 6.72. The van der Waals surface area contributed by atoms with Gasteiger partial charge in [0.1, 0.15) is 5.82 Å². The SMILES string of the molecule is C=CCCn1nc(CCC)n(Cc2ccc(-c3ccccc3C(=O)O)cc2)c1=O. The normalized spacial score (nSPS) is 10.8. The molecule has 0 saturated heterocycles. The molecular formula is C23H25N3O3. The van der Waals surface area contributed by atoms with Crippen molar-refractivity contribution in [3.05, 3.63) is 88.6 Å². The first-order valence-corrected chi connectivity index (χ1v) is 9.74. The Kier molecular flexibility index (Phi) is 6.44. The summed E-state index contributed by atoms with van der Waals surface area (Å²) in [5.41, 5.74) is 2.62. The highest BCUT2D eigenvalue weighted by atomic mass is 16.4. The largest absolute Gasteiger partial charge is 0.478 e. The van der Waals surface area contributed by atoms with Gasteiger partial charge < -0.3 is 5.11 Å². The van der Waals surface area contributed by atoms with Gasteiger partial charge in [-0.25, -0.2) is 14.3 Å². The van der Waals surface area contributed by atoms with Crippen LogP contribution in [0.4, 0.5) is 0 Å². The maximum atomic E-state index is 12.7. The molecule has 0 spiro atoms. The van der Waals surface area contributed by atoms with Gasteiger partial charge in [0, 0.05) is 13.0 Å². The Hall–Kier alpha value is -3.41. The minimum Gasteiger partial charge on any atom is -0.478 e. The number of aryl methyl sites for hydroxylation is 2. The van der Waals surface area contributed by atoms with Gasteiger partial charge in [-0.15, -0.1) is 6.58 Å². The van der Waals surface area contributed by atoms with E-state index in [4.69, 9.17) is 0 Å². The van der Waals surface area contributed by atoms with Crippen LogP contribution in [0, 0.1) is 0 Å². The molecule has 6 heteroatoms. The first-order chi connectivity index (χ1) is 14.0. The predicted octanol–water partition coefficient (Wildman–Crippen LogP) is 3.99. The second-order valence-corrected chi connectivity index (χ2v) is 6.88. The Labute approximate surface area is 169 Å². The van der Waals surface area contributed by atoms with Gasteiger partial charge in [-0.2, -0.15) is 5.10 Å². The lowest BCUT2D eigenvalue weighted by Crippen LogP contribution is -2.26. The standard InChI is InChI=1S/C23H25N3O3/c1-3-5-15-26-23(29)25(21(24-26)8-4-2)16-17-11-13-18(14-12-17)19-9-6-7-10-20(19)22(27)28/h3,6-7,9-14H,1,4-5,8,15-16H2,2H3,(H,27,28). The molecule has 0 saturated carbocycles. The highest BCUT2D eigenvalue weighted by Gasteiger charge is 2.14. The number of carboxylic acids is 1. The van der Waals surface area contributed by atoms with E-state index in [1.807, 2.05) is 30.3 Å². The maximum Gasteiger partial charge on any atom is 0.346 e. The van der Waals surface area contributed by atoms with Gasteiger partial charge in [-0.05, 0) is 35.6 Å². The molecule has 1 aromatic heterocycles. The van der Waals surface area contributed by atoms with Crippen molar-refractivity contribution >= 4 is 5.97 Å². The molecule has 0 bridgehead atoms. The molecule has 0 amide bonds. The molecule has 0 radical (unpaired) electrons. The van der Waals surface area contributed by atoms with Crippen molar-refractivity contribution in [2.45, 2.75) is 39.3 Å². The van der Waals surface area contributed by atoms with Crippen LogP contribution in [0.1, 0.15) is 41.5 Å². The Morgan fingerprint density at radius 1 is 1.17 bits per heavy atom. The molecule has 29 heavy (non-hydrogen) atoms. The van der Waals surface area contributed by atoms with E-state index in [-0.39, 0.29) is 11.3 Å². The summed E-state index contributed by atoms with van der Waals surface area (Å²) in [5.74, 6) is -0.172. The second-order valence-electron chi connectivity index (χ2n) is 6.88. The van der Waals surface area contributed by atoms with Crippen molar-refractivity contribution in [3.8, 4) is 11.1 Å². The smallest absolute Gasteiger partial charge is 0.346 e. The van der Waals surface area contributed by atoms with Crippen LogP contribution < -0.4 is 5.69 Å². The van der Waals surface area contributed by atoms with Crippen LogP contribution in [-0.2, 0) is 19.5 Å². The van der Waals surface area contributed by atoms with Crippen LogP contribution in [0.3, 0.4) is 0 Å². The van der Waals surface area contributed by atoms with Crippen molar-refractivity contribution in [1.29, 1.82) is 0 Å². The van der Waals surface area contributed by atoms with Crippen molar-refractivity contribution < 1.29 is 9.90 Å². The summed E-state index contributed by atoms with van der Waals surface area (Å²) in [4.78, 5) is 24.2. The lowest BCUT2D eigenvalue weighted by Gasteiger charge is -2.09. The van der Waals surface area contributed by atoms with Gasteiger partial charge in [0.2, 0.25) is 0 Å². The summed E-state index contributed by atoms with van der Waals surface area (Å²) < 4.78 is 3.22. The Bertz CT molecular complexity index is 1060. The number of hydrogen-bond acceptors (Lipinski definition) is 3. The Morgan fingerprint density at radius 2 is 1.90 bits per heavy atom. The fourth-order valence-electron chi connectivity index (χ4n) is 3.31. The van der Waals surface area contributed by atoms with Crippen LogP contribution in [0.5, 0.6) is 0 Å². The number of carboxylic acid groups (broad SMARTS) is 1. The van der Waals surface area contributed by atoms with Crippen LogP contribution in [0.15, 0.2) is 66.0 Å². The predicted molar refractivity (Wildman–Crippen MR) is 113 cm³/mol. The van der Waals surface area contributed by atoms with Crippen molar-refractivity contribution in [1.82, 2.24) is 14.3 Å². The van der Waals surface area contributed by atoms with Crippen LogP contribution in [0.2, 0.25) is 0 Å². The first kappa shape index (κ1) is 20.3. The minimum absolute atomic E-state index is 0.115. The molecule has 0 fully saturated rings. The topological polar surface area (TPSA) is 77.1 Å². The van der Waals surface area contributed by atoms with E-state index in [1.165, 1.54) is 4.68 Å². The monoisotopic (exact) mass is 391 g/mol. The molecular weight excluding hydrogens is 366 g/mol. The van der Waals surface area contributed by atoms with Gasteiger partial charge in [0.25, 0.3) is 0 Å². The van der Waals surface area contributed by atoms with E-state index >= 15 is 0 Å². The third kappa shape index (κ3) is 4.54. The number of benzene rings is 2. The molecule has 3 aromatic rings. The first-order valence-electron chi connectivity index (χ1n) is 9.74. The number of carbonyl (C=O) groups is 1. The molecule has 2 aromatic carbocycles. The average molecular weight is 391 g/mol. The zero-order valence-corrected chi connectivity index (χ0v) is 16.5. The van der Waals surface area contributed by atoms with Crippen molar-refractivity contribution in [2.24, 2.45) is 0 Å². The maximum absolute atomic E-state index is 12.7. The fourth-order valence-corrected chi connectivity index (χ4v) is 3.31. The van der Waals surface area contributed by atoms with Crippen LogP contribution in [-0.4, -0.2) is 25.4 Å². The van der Waals surface area contributed by atoms with Gasteiger partial charge in [0.15, 0.2) is 0 Å². The Morgan fingerprint density at radius 3 is 2.55 bits per heavy atom. The molecule has 0 aliphatic carbocycles. The lowest BCUT2D eigenvalue weighted by atomic mass is 9.99. The number of nitrogens with zero attached hydrogens (tertiary/aromatic N) is 3. The van der Waals surface area contributed by atoms with Gasteiger partial charge in [-0.1, -0.05) is 55.5 Å². The fraction of sp³-hybridized carbons (Fsp3) is 0.261. The minimum atomic E-state index is -0.952. The molecule has 6 nitrogen and oxygen atoms in total. The average Bonchev–Trinajstić information content (AvgIpc) is 3.02. The summed E-state index contributed by atoms with van der Waals surface area (Å²) >= 11 is 0. The van der Waals surface area contributed by atoms with Crippen LogP contribution in [0.25, 0.3) is 11.1 Å². The second kappa shape index (κ2) is 9.19. The highest BCUT2D eigenvalue weighted by Crippen LogP contribution is 2.24. The summed E-state index contributed by atoms with van der Waals surface area (Å²) in [6, 6.07) is 14.6. The molecule has 150 valence electrons. The van der Waals surface area contributed by atoms with E-state index in [2.05, 4.69) is 18.6 Å². The summed E-state index contributed by atoms with van der Waals surface area (Å²) in [5, 5.41) is 13.9. The van der Waals surface area contributed by atoms with Gasteiger partial charge in [-0.3, -0.25) is 4.57 Å². The third-order valence-electron chi connectivity index (χ3n) is 4.78. The zero-order valence-electron chi connectivity index (χ0n) is 16.5. The number of aromatic carboxylic acids is 1. The van der Waals surface area contributed by atoms with E-state index in [0.717, 1.165) is 29.8 Å². The summed E-state index contributed by atoms with van der Waals surface area (Å²) in [6.07, 6.45) is 4.11. The third-order valence-corrected chi connectivity index (χ3v) is 4.78. The van der Waals surface area contributed by atoms with E-state index in [1.54, 1.807) is 28.8 Å². The van der Waals surface area contributed by atoms with Gasteiger partial charge in [0.05, 0.1) is 12.1 Å². The molecule has 0 unspecified atom stereocenters. The summed E-state index contributed by atoms with van der Waals surface area (Å²) in [7, 11) is 0. The molecule has 0 aliphatic heterocycles. The van der Waals surface area contributed by atoms with Crippen molar-refractivity contribution in [2.75, 3.05) is 0 Å². The molecule has 3 rings (SSSR count). The number of allylic oxidation sites excluding steroid dienone is 1.